The molecule has 0 atom stereocenters. The second-order valence-electron chi connectivity index (χ2n) is 5.33. The lowest BCUT2D eigenvalue weighted by Gasteiger charge is -2.17. The fourth-order valence-electron chi connectivity index (χ4n) is 1.34. The second kappa shape index (κ2) is 5.77. The topological polar surface area (TPSA) is 62.2 Å². The molecule has 0 radical (unpaired) electrons. The molecular formula is C13H20N2O2. The highest BCUT2D eigenvalue weighted by molar-refractivity contribution is 5.87. The third-order valence-corrected chi connectivity index (χ3v) is 2.43. The first kappa shape index (κ1) is 13.6. The van der Waals surface area contributed by atoms with Crippen LogP contribution in [-0.4, -0.2) is 22.6 Å². The molecule has 1 aromatic rings. The number of aromatic nitrogens is 1. The van der Waals surface area contributed by atoms with Crippen molar-refractivity contribution in [1.29, 1.82) is 0 Å². The molecule has 0 aliphatic heterocycles. The molecule has 4 heteroatoms. The van der Waals surface area contributed by atoms with Crippen molar-refractivity contribution in [3.63, 3.8) is 0 Å². The van der Waals surface area contributed by atoms with E-state index in [-0.39, 0.29) is 5.56 Å². The maximum atomic E-state index is 10.6. The molecule has 0 aliphatic carbocycles. The summed E-state index contributed by atoms with van der Waals surface area (Å²) in [5.41, 5.74) is 1.42. The van der Waals surface area contributed by atoms with Crippen LogP contribution in [-0.2, 0) is 6.54 Å². The van der Waals surface area contributed by atoms with Gasteiger partial charge in [0.05, 0.1) is 11.3 Å². The van der Waals surface area contributed by atoms with E-state index in [4.69, 9.17) is 5.11 Å². The van der Waals surface area contributed by atoms with Crippen LogP contribution in [0.1, 0.15) is 43.2 Å². The zero-order valence-electron chi connectivity index (χ0n) is 10.7. The molecule has 0 aromatic carbocycles. The van der Waals surface area contributed by atoms with Crippen LogP contribution < -0.4 is 5.32 Å². The Morgan fingerprint density at radius 2 is 2.12 bits per heavy atom. The Hall–Kier alpha value is -1.42. The maximum absolute atomic E-state index is 10.6. The molecule has 1 heterocycles. The van der Waals surface area contributed by atoms with E-state index < -0.39 is 5.97 Å². The van der Waals surface area contributed by atoms with Crippen molar-refractivity contribution < 1.29 is 9.90 Å². The summed E-state index contributed by atoms with van der Waals surface area (Å²) in [6, 6.07) is 3.32. The van der Waals surface area contributed by atoms with Crippen LogP contribution in [0.2, 0.25) is 0 Å². The van der Waals surface area contributed by atoms with E-state index in [2.05, 4.69) is 31.1 Å². The lowest BCUT2D eigenvalue weighted by molar-refractivity contribution is 0.0696. The number of aromatic carboxylic acids is 1. The average molecular weight is 236 g/mol. The van der Waals surface area contributed by atoms with Crippen LogP contribution in [0, 0.1) is 5.41 Å². The summed E-state index contributed by atoms with van der Waals surface area (Å²) in [4.78, 5) is 14.7. The van der Waals surface area contributed by atoms with E-state index in [0.717, 1.165) is 18.7 Å². The van der Waals surface area contributed by atoms with Gasteiger partial charge in [0.1, 0.15) is 0 Å². The number of carboxylic acids is 1. The van der Waals surface area contributed by atoms with Crippen LogP contribution in [0.5, 0.6) is 0 Å². The van der Waals surface area contributed by atoms with Crippen molar-refractivity contribution in [2.24, 2.45) is 5.41 Å². The number of carbonyl (C=O) groups is 1. The largest absolute Gasteiger partial charge is 0.478 e. The number of carboxylic acid groups (broad SMARTS) is 1. The third-order valence-electron chi connectivity index (χ3n) is 2.43. The summed E-state index contributed by atoms with van der Waals surface area (Å²) in [6.07, 6.45) is 2.49. The van der Waals surface area contributed by atoms with Crippen molar-refractivity contribution in [2.75, 3.05) is 6.54 Å². The van der Waals surface area contributed by atoms with Gasteiger partial charge in [-0.05, 0) is 30.5 Å². The fraction of sp³-hybridized carbons (Fsp3) is 0.538. The van der Waals surface area contributed by atoms with Gasteiger partial charge in [0.25, 0.3) is 0 Å². The highest BCUT2D eigenvalue weighted by atomic mass is 16.4. The normalized spacial score (nSPS) is 11.5. The van der Waals surface area contributed by atoms with Gasteiger partial charge in [-0.25, -0.2) is 4.79 Å². The van der Waals surface area contributed by atoms with Gasteiger partial charge in [-0.1, -0.05) is 20.8 Å². The number of hydrogen-bond donors (Lipinski definition) is 2. The van der Waals surface area contributed by atoms with Crippen molar-refractivity contribution >= 4 is 5.97 Å². The van der Waals surface area contributed by atoms with Crippen molar-refractivity contribution in [1.82, 2.24) is 10.3 Å². The van der Waals surface area contributed by atoms with Crippen LogP contribution >= 0.6 is 0 Å². The molecule has 2 N–H and O–H groups in total. The molecule has 0 unspecified atom stereocenters. The Morgan fingerprint density at radius 3 is 2.59 bits per heavy atom. The lowest BCUT2D eigenvalue weighted by atomic mass is 9.92. The molecule has 1 aromatic heterocycles. The van der Waals surface area contributed by atoms with Crippen LogP contribution in [0.3, 0.4) is 0 Å². The van der Waals surface area contributed by atoms with E-state index >= 15 is 0 Å². The van der Waals surface area contributed by atoms with Crippen molar-refractivity contribution in [3.8, 4) is 0 Å². The van der Waals surface area contributed by atoms with E-state index in [9.17, 15) is 4.79 Å². The molecular weight excluding hydrogens is 216 g/mol. The van der Waals surface area contributed by atoms with E-state index in [1.807, 2.05) is 0 Å². The molecule has 0 bridgehead atoms. The third kappa shape index (κ3) is 5.45. The lowest BCUT2D eigenvalue weighted by Crippen LogP contribution is -2.20. The van der Waals surface area contributed by atoms with Gasteiger partial charge in [0, 0.05) is 12.7 Å². The number of nitrogens with zero attached hydrogens (tertiary/aromatic N) is 1. The Bertz CT molecular complexity index is 366. The van der Waals surface area contributed by atoms with Gasteiger partial charge in [-0.3, -0.25) is 4.98 Å². The molecule has 0 saturated carbocycles. The standard InChI is InChI=1S/C13H20N2O2/c1-13(2,3)6-7-14-9-11-5-4-10(8-15-11)12(16)17/h4-5,8,14H,6-7,9H2,1-3H3,(H,16,17). The molecule has 17 heavy (non-hydrogen) atoms. The van der Waals surface area contributed by atoms with Crippen molar-refractivity contribution in [3.05, 3.63) is 29.6 Å². The summed E-state index contributed by atoms with van der Waals surface area (Å²) in [5.74, 6) is -0.940. The number of nitrogens with one attached hydrogen (secondary N) is 1. The van der Waals surface area contributed by atoms with E-state index in [1.165, 1.54) is 6.20 Å². The highest BCUT2D eigenvalue weighted by Crippen LogP contribution is 2.16. The molecule has 0 amide bonds. The van der Waals surface area contributed by atoms with Gasteiger partial charge >= 0.3 is 5.97 Å². The maximum Gasteiger partial charge on any atom is 0.337 e. The first-order valence-corrected chi connectivity index (χ1v) is 5.77. The molecule has 0 aliphatic rings. The van der Waals surface area contributed by atoms with Crippen LogP contribution in [0.4, 0.5) is 0 Å². The minimum absolute atomic E-state index is 0.225. The molecule has 94 valence electrons. The minimum atomic E-state index is -0.940. The van der Waals surface area contributed by atoms with E-state index in [0.29, 0.717) is 12.0 Å². The molecule has 0 saturated heterocycles. The molecule has 1 rings (SSSR count). The van der Waals surface area contributed by atoms with Gasteiger partial charge in [-0.2, -0.15) is 0 Å². The summed E-state index contributed by atoms with van der Waals surface area (Å²) < 4.78 is 0. The Kier molecular flexibility index (Phi) is 4.63. The molecule has 0 spiro atoms. The summed E-state index contributed by atoms with van der Waals surface area (Å²) >= 11 is 0. The Morgan fingerprint density at radius 1 is 1.41 bits per heavy atom. The Balaban J connectivity index is 2.35. The predicted octanol–water partition coefficient (Wildman–Crippen LogP) is 2.31. The predicted molar refractivity (Wildman–Crippen MR) is 67.0 cm³/mol. The van der Waals surface area contributed by atoms with Gasteiger partial charge in [0.2, 0.25) is 0 Å². The van der Waals surface area contributed by atoms with Crippen LogP contribution in [0.25, 0.3) is 0 Å². The molecule has 4 nitrogen and oxygen atoms in total. The van der Waals surface area contributed by atoms with E-state index in [1.54, 1.807) is 12.1 Å². The van der Waals surface area contributed by atoms with Gasteiger partial charge in [-0.15, -0.1) is 0 Å². The quantitative estimate of drug-likeness (QED) is 0.770. The zero-order chi connectivity index (χ0) is 12.9. The summed E-state index contributed by atoms with van der Waals surface area (Å²) in [6.45, 7) is 8.22. The van der Waals surface area contributed by atoms with Crippen LogP contribution in [0.15, 0.2) is 18.3 Å². The second-order valence-corrected chi connectivity index (χ2v) is 5.33. The Labute approximate surface area is 102 Å². The first-order chi connectivity index (χ1) is 7.88. The SMILES string of the molecule is CC(C)(C)CCNCc1ccc(C(=O)O)cn1. The number of hydrogen-bond acceptors (Lipinski definition) is 3. The van der Waals surface area contributed by atoms with Gasteiger partial charge in [0.15, 0.2) is 0 Å². The smallest absolute Gasteiger partial charge is 0.337 e. The number of pyridine rings is 1. The minimum Gasteiger partial charge on any atom is -0.478 e. The summed E-state index contributed by atoms with van der Waals surface area (Å²) in [5, 5.41) is 12.0. The monoisotopic (exact) mass is 236 g/mol. The van der Waals surface area contributed by atoms with Crippen molar-refractivity contribution in [2.45, 2.75) is 33.7 Å². The molecule has 0 fully saturated rings. The zero-order valence-corrected chi connectivity index (χ0v) is 10.7. The summed E-state index contributed by atoms with van der Waals surface area (Å²) in [7, 11) is 0. The van der Waals surface area contributed by atoms with Gasteiger partial charge < -0.3 is 10.4 Å². The first-order valence-electron chi connectivity index (χ1n) is 5.77. The average Bonchev–Trinajstić information content (AvgIpc) is 2.24. The fourth-order valence-corrected chi connectivity index (χ4v) is 1.34. The highest BCUT2D eigenvalue weighted by Gasteiger charge is 2.09. The number of rotatable bonds is 5.